The zero-order valence-corrected chi connectivity index (χ0v) is 10.6. The van der Waals surface area contributed by atoms with Gasteiger partial charge in [-0.25, -0.2) is 21.9 Å². The van der Waals surface area contributed by atoms with Gasteiger partial charge in [0.2, 0.25) is 15.9 Å². The van der Waals surface area contributed by atoms with E-state index < -0.39 is 22.0 Å². The van der Waals surface area contributed by atoms with Crippen LogP contribution >= 0.6 is 0 Å². The fraction of sp³-hybridized carbons (Fsp3) is 0.500. The minimum atomic E-state index is -3.59. The van der Waals surface area contributed by atoms with Gasteiger partial charge in [-0.15, -0.1) is 0 Å². The third-order valence-corrected chi connectivity index (χ3v) is 4.63. The van der Waals surface area contributed by atoms with Crippen molar-refractivity contribution in [3.8, 4) is 0 Å². The maximum atomic E-state index is 13.0. The molecule has 18 heavy (non-hydrogen) atoms. The first-order chi connectivity index (χ1) is 8.39. The molecule has 2 rings (SSSR count). The molecule has 1 aromatic carbocycles. The van der Waals surface area contributed by atoms with Gasteiger partial charge in [0.05, 0.1) is 4.90 Å². The quantitative estimate of drug-likeness (QED) is 0.921. The van der Waals surface area contributed by atoms with E-state index in [9.17, 15) is 17.2 Å². The molecule has 0 aromatic heterocycles. The molecule has 0 bridgehead atoms. The lowest BCUT2D eigenvalue weighted by molar-refractivity contribution is -0.0387. The van der Waals surface area contributed by atoms with Crippen LogP contribution in [0.5, 0.6) is 0 Å². The summed E-state index contributed by atoms with van der Waals surface area (Å²) in [6.45, 7) is 0. The van der Waals surface area contributed by atoms with Crippen LogP contribution in [0.4, 0.5) is 8.78 Å². The minimum Gasteiger partial charge on any atom is -0.208 e. The number of hydrogen-bond acceptors (Lipinski definition) is 2. The number of hydrogen-bond donors (Lipinski definition) is 1. The second-order valence-electron chi connectivity index (χ2n) is 4.56. The third kappa shape index (κ3) is 3.26. The molecule has 0 radical (unpaired) electrons. The van der Waals surface area contributed by atoms with Gasteiger partial charge in [0.1, 0.15) is 0 Å². The molecule has 0 heterocycles. The molecule has 1 aliphatic rings. The third-order valence-electron chi connectivity index (χ3n) is 3.09. The number of nitrogens with one attached hydrogen (secondary N) is 1. The highest BCUT2D eigenvalue weighted by molar-refractivity contribution is 7.89. The predicted octanol–water partition coefficient (Wildman–Crippen LogP) is 2.54. The van der Waals surface area contributed by atoms with E-state index in [0.717, 1.165) is 0 Å². The van der Waals surface area contributed by atoms with Crippen LogP contribution in [0, 0.1) is 0 Å². The van der Waals surface area contributed by atoms with Crippen molar-refractivity contribution >= 4 is 10.0 Å². The monoisotopic (exact) mass is 275 g/mol. The molecule has 3 nitrogen and oxygen atoms in total. The van der Waals surface area contributed by atoms with Gasteiger partial charge in [-0.05, 0) is 25.0 Å². The molecule has 1 N–H and O–H groups in total. The lowest BCUT2D eigenvalue weighted by Crippen LogP contribution is -2.40. The van der Waals surface area contributed by atoms with Gasteiger partial charge < -0.3 is 0 Å². The van der Waals surface area contributed by atoms with Crippen LogP contribution in [-0.4, -0.2) is 20.4 Å². The molecular weight excluding hydrogens is 260 g/mol. The Hall–Kier alpha value is -1.01. The van der Waals surface area contributed by atoms with E-state index >= 15 is 0 Å². The molecule has 1 aromatic rings. The van der Waals surface area contributed by atoms with E-state index in [-0.39, 0.29) is 30.6 Å². The highest BCUT2D eigenvalue weighted by Gasteiger charge is 2.36. The Labute approximate surface area is 105 Å². The molecule has 1 saturated carbocycles. The highest BCUT2D eigenvalue weighted by Crippen LogP contribution is 2.33. The van der Waals surface area contributed by atoms with Crippen LogP contribution in [0.1, 0.15) is 25.7 Å². The van der Waals surface area contributed by atoms with E-state index in [4.69, 9.17) is 0 Å². The Kier molecular flexibility index (Phi) is 3.68. The summed E-state index contributed by atoms with van der Waals surface area (Å²) in [4.78, 5) is 0.169. The molecular formula is C12H15F2NO2S. The Morgan fingerprint density at radius 2 is 1.67 bits per heavy atom. The molecule has 1 aliphatic carbocycles. The topological polar surface area (TPSA) is 46.2 Å². The first-order valence-electron chi connectivity index (χ1n) is 5.84. The number of rotatable bonds is 3. The molecule has 100 valence electrons. The number of alkyl halides is 2. The van der Waals surface area contributed by atoms with Gasteiger partial charge in [0.15, 0.2) is 0 Å². The summed E-state index contributed by atoms with van der Waals surface area (Å²) in [7, 11) is -3.59. The van der Waals surface area contributed by atoms with E-state index in [2.05, 4.69) is 4.72 Å². The van der Waals surface area contributed by atoms with Gasteiger partial charge in [-0.2, -0.15) is 0 Å². The summed E-state index contributed by atoms with van der Waals surface area (Å²) < 4.78 is 52.3. The minimum absolute atomic E-state index is 0.169. The van der Waals surface area contributed by atoms with Gasteiger partial charge in [-0.3, -0.25) is 0 Å². The maximum absolute atomic E-state index is 13.0. The van der Waals surface area contributed by atoms with Gasteiger partial charge in [0.25, 0.3) is 0 Å². The Morgan fingerprint density at radius 1 is 1.11 bits per heavy atom. The van der Waals surface area contributed by atoms with Crippen molar-refractivity contribution in [2.24, 2.45) is 0 Å². The van der Waals surface area contributed by atoms with Crippen LogP contribution in [0.3, 0.4) is 0 Å². The highest BCUT2D eigenvalue weighted by atomic mass is 32.2. The molecule has 6 heteroatoms. The lowest BCUT2D eigenvalue weighted by atomic mass is 9.93. The molecule has 0 saturated heterocycles. The van der Waals surface area contributed by atoms with Crippen LogP contribution in [0.2, 0.25) is 0 Å². The second-order valence-corrected chi connectivity index (χ2v) is 6.28. The van der Waals surface area contributed by atoms with E-state index in [1.165, 1.54) is 12.1 Å². The molecule has 0 aliphatic heterocycles. The maximum Gasteiger partial charge on any atom is 0.248 e. The number of benzene rings is 1. The SMILES string of the molecule is O=S(=O)(NC1CCC(F)(F)CC1)c1ccccc1. The summed E-state index contributed by atoms with van der Waals surface area (Å²) in [6.07, 6.45) is -0.151. The lowest BCUT2D eigenvalue weighted by Gasteiger charge is -2.28. The van der Waals surface area contributed by atoms with Crippen LogP contribution < -0.4 is 4.72 Å². The molecule has 0 amide bonds. The van der Waals surface area contributed by atoms with Crippen LogP contribution in [0.15, 0.2) is 35.2 Å². The summed E-state index contributed by atoms with van der Waals surface area (Å²) in [6, 6.07) is 7.56. The Bertz CT molecular complexity index is 492. The van der Waals surface area contributed by atoms with Crippen molar-refractivity contribution in [2.45, 2.75) is 42.5 Å². The molecule has 0 atom stereocenters. The van der Waals surface area contributed by atoms with Crippen molar-refractivity contribution in [3.05, 3.63) is 30.3 Å². The summed E-state index contributed by atoms with van der Waals surface area (Å²) in [5.74, 6) is -2.64. The molecule has 1 fully saturated rings. The zero-order chi connectivity index (χ0) is 13.2. The van der Waals surface area contributed by atoms with E-state index in [0.29, 0.717) is 0 Å². The first kappa shape index (κ1) is 13.4. The fourth-order valence-corrected chi connectivity index (χ4v) is 3.37. The molecule has 0 unspecified atom stereocenters. The molecule has 0 spiro atoms. The van der Waals surface area contributed by atoms with Gasteiger partial charge in [0, 0.05) is 18.9 Å². The van der Waals surface area contributed by atoms with Crippen molar-refractivity contribution in [3.63, 3.8) is 0 Å². The second kappa shape index (κ2) is 4.93. The van der Waals surface area contributed by atoms with Crippen molar-refractivity contribution in [1.29, 1.82) is 0 Å². The summed E-state index contributed by atoms with van der Waals surface area (Å²) in [5, 5.41) is 0. The smallest absolute Gasteiger partial charge is 0.208 e. The summed E-state index contributed by atoms with van der Waals surface area (Å²) in [5.41, 5.74) is 0. The standard InChI is InChI=1S/C12H15F2NO2S/c13-12(14)8-6-10(7-9-12)15-18(16,17)11-4-2-1-3-5-11/h1-5,10,15H,6-9H2. The summed E-state index contributed by atoms with van der Waals surface area (Å²) >= 11 is 0. The average molecular weight is 275 g/mol. The van der Waals surface area contributed by atoms with Crippen molar-refractivity contribution in [1.82, 2.24) is 4.72 Å². The first-order valence-corrected chi connectivity index (χ1v) is 7.33. The van der Waals surface area contributed by atoms with E-state index in [1.54, 1.807) is 18.2 Å². The normalized spacial score (nSPS) is 20.8. The van der Waals surface area contributed by atoms with Crippen molar-refractivity contribution < 1.29 is 17.2 Å². The largest absolute Gasteiger partial charge is 0.248 e. The van der Waals surface area contributed by atoms with Crippen molar-refractivity contribution in [2.75, 3.05) is 0 Å². The Morgan fingerprint density at radius 3 is 2.22 bits per heavy atom. The zero-order valence-electron chi connectivity index (χ0n) is 9.77. The van der Waals surface area contributed by atoms with Crippen LogP contribution in [0.25, 0.3) is 0 Å². The van der Waals surface area contributed by atoms with Crippen LogP contribution in [-0.2, 0) is 10.0 Å². The van der Waals surface area contributed by atoms with Gasteiger partial charge in [-0.1, -0.05) is 18.2 Å². The number of halogens is 2. The van der Waals surface area contributed by atoms with Gasteiger partial charge >= 0.3 is 0 Å². The predicted molar refractivity (Wildman–Crippen MR) is 64.0 cm³/mol. The van der Waals surface area contributed by atoms with E-state index in [1.807, 2.05) is 0 Å². The average Bonchev–Trinajstić information content (AvgIpc) is 2.33. The number of sulfonamides is 1. The fourth-order valence-electron chi connectivity index (χ4n) is 2.05. The Balaban J connectivity index is 2.02.